The third kappa shape index (κ3) is 3.34. The molecule has 4 heteroatoms. The van der Waals surface area contributed by atoms with E-state index in [-0.39, 0.29) is 5.54 Å². The highest BCUT2D eigenvalue weighted by molar-refractivity contribution is 6.30. The molecule has 0 radical (unpaired) electrons. The van der Waals surface area contributed by atoms with Gasteiger partial charge in [0.2, 0.25) is 0 Å². The van der Waals surface area contributed by atoms with Gasteiger partial charge in [0.05, 0.1) is 0 Å². The van der Waals surface area contributed by atoms with E-state index in [1.54, 1.807) is 0 Å². The summed E-state index contributed by atoms with van der Waals surface area (Å²) in [6, 6.07) is 0. The Hall–Kier alpha value is -0.830. The Labute approximate surface area is 103 Å². The number of anilines is 1. The molecule has 0 amide bonds. The number of aromatic nitrogens is 2. The molecule has 0 saturated heterocycles. The molecule has 0 aromatic carbocycles. The van der Waals surface area contributed by atoms with Crippen LogP contribution >= 0.6 is 11.6 Å². The Balaban J connectivity index is 2.99. The van der Waals surface area contributed by atoms with Crippen LogP contribution in [-0.4, -0.2) is 15.5 Å². The molecule has 0 spiro atoms. The molecule has 0 aliphatic heterocycles. The lowest BCUT2D eigenvalue weighted by Gasteiger charge is -2.26. The summed E-state index contributed by atoms with van der Waals surface area (Å²) in [5.41, 5.74) is 1.05. The maximum atomic E-state index is 6.09. The van der Waals surface area contributed by atoms with Gasteiger partial charge in [0, 0.05) is 11.1 Å². The van der Waals surface area contributed by atoms with Crippen LogP contribution in [0.5, 0.6) is 0 Å². The van der Waals surface area contributed by atoms with Crippen LogP contribution in [0.2, 0.25) is 5.15 Å². The van der Waals surface area contributed by atoms with E-state index in [4.69, 9.17) is 11.6 Å². The van der Waals surface area contributed by atoms with Crippen LogP contribution in [-0.2, 0) is 6.42 Å². The number of halogens is 1. The van der Waals surface area contributed by atoms with Crippen molar-refractivity contribution in [3.05, 3.63) is 17.0 Å². The fourth-order valence-electron chi connectivity index (χ4n) is 1.38. The molecular weight excluding hydrogens is 222 g/mol. The Morgan fingerprint density at radius 3 is 2.56 bits per heavy atom. The van der Waals surface area contributed by atoms with E-state index in [0.29, 0.717) is 5.15 Å². The summed E-state index contributed by atoms with van der Waals surface area (Å²) in [6.07, 6.45) is 4.48. The fraction of sp³-hybridized carbons (Fsp3) is 0.667. The fourth-order valence-corrected chi connectivity index (χ4v) is 1.61. The van der Waals surface area contributed by atoms with Crippen molar-refractivity contribution >= 4 is 17.4 Å². The van der Waals surface area contributed by atoms with Gasteiger partial charge in [0.1, 0.15) is 17.3 Å². The zero-order valence-electron chi connectivity index (χ0n) is 10.5. The van der Waals surface area contributed by atoms with E-state index in [0.717, 1.165) is 30.6 Å². The van der Waals surface area contributed by atoms with Crippen molar-refractivity contribution in [2.75, 3.05) is 5.32 Å². The summed E-state index contributed by atoms with van der Waals surface area (Å²) >= 11 is 6.09. The Kier molecular flexibility index (Phi) is 4.54. The first kappa shape index (κ1) is 13.2. The second kappa shape index (κ2) is 5.48. The topological polar surface area (TPSA) is 37.8 Å². The van der Waals surface area contributed by atoms with Crippen molar-refractivity contribution in [3.63, 3.8) is 0 Å². The van der Waals surface area contributed by atoms with E-state index < -0.39 is 0 Å². The molecule has 0 fully saturated rings. The zero-order chi connectivity index (χ0) is 12.2. The first-order chi connectivity index (χ1) is 7.50. The van der Waals surface area contributed by atoms with Gasteiger partial charge in [-0.25, -0.2) is 9.97 Å². The molecule has 1 N–H and O–H groups in total. The summed E-state index contributed by atoms with van der Waals surface area (Å²) in [7, 11) is 0. The maximum absolute atomic E-state index is 6.09. The molecular formula is C12H20ClN3. The van der Waals surface area contributed by atoms with Crippen LogP contribution in [0, 0.1) is 0 Å². The molecule has 0 unspecified atom stereocenters. The molecule has 0 atom stereocenters. The van der Waals surface area contributed by atoms with Gasteiger partial charge in [-0.15, -0.1) is 0 Å². The molecule has 90 valence electrons. The molecule has 0 aliphatic carbocycles. The summed E-state index contributed by atoms with van der Waals surface area (Å²) in [5, 5.41) is 3.99. The number of nitrogens with zero attached hydrogens (tertiary/aromatic N) is 2. The lowest BCUT2D eigenvalue weighted by molar-refractivity contribution is 0.543. The van der Waals surface area contributed by atoms with Crippen LogP contribution < -0.4 is 5.32 Å². The quantitative estimate of drug-likeness (QED) is 0.800. The van der Waals surface area contributed by atoms with Gasteiger partial charge in [0.15, 0.2) is 0 Å². The molecule has 1 rings (SSSR count). The first-order valence-corrected chi connectivity index (χ1v) is 6.15. The molecule has 1 heterocycles. The SMILES string of the molecule is CCCc1c(Cl)ncnc1NC(C)(C)CC. The number of rotatable bonds is 5. The van der Waals surface area contributed by atoms with Crippen LogP contribution in [0.1, 0.15) is 46.1 Å². The van der Waals surface area contributed by atoms with Crippen LogP contribution in [0.15, 0.2) is 6.33 Å². The summed E-state index contributed by atoms with van der Waals surface area (Å²) in [5.74, 6) is 0.869. The molecule has 16 heavy (non-hydrogen) atoms. The molecule has 1 aromatic heterocycles. The monoisotopic (exact) mass is 241 g/mol. The largest absolute Gasteiger partial charge is 0.365 e. The third-order valence-corrected chi connectivity index (χ3v) is 3.06. The van der Waals surface area contributed by atoms with Crippen molar-refractivity contribution in [1.29, 1.82) is 0 Å². The van der Waals surface area contributed by atoms with Crippen molar-refractivity contribution in [1.82, 2.24) is 9.97 Å². The van der Waals surface area contributed by atoms with E-state index in [9.17, 15) is 0 Å². The third-order valence-electron chi connectivity index (χ3n) is 2.73. The molecule has 1 aromatic rings. The summed E-state index contributed by atoms with van der Waals surface area (Å²) in [4.78, 5) is 8.31. The number of hydrogen-bond donors (Lipinski definition) is 1. The van der Waals surface area contributed by atoms with Crippen LogP contribution in [0.3, 0.4) is 0 Å². The molecule has 0 saturated carbocycles. The smallest absolute Gasteiger partial charge is 0.137 e. The number of hydrogen-bond acceptors (Lipinski definition) is 3. The highest BCUT2D eigenvalue weighted by Gasteiger charge is 2.18. The van der Waals surface area contributed by atoms with E-state index in [1.807, 2.05) is 0 Å². The highest BCUT2D eigenvalue weighted by atomic mass is 35.5. The average molecular weight is 242 g/mol. The summed E-state index contributed by atoms with van der Waals surface area (Å²) < 4.78 is 0. The molecule has 0 aliphatic rings. The Morgan fingerprint density at radius 2 is 2.00 bits per heavy atom. The van der Waals surface area contributed by atoms with Gasteiger partial charge in [-0.05, 0) is 26.7 Å². The van der Waals surface area contributed by atoms with Crippen LogP contribution in [0.25, 0.3) is 0 Å². The standard InChI is InChI=1S/C12H20ClN3/c1-5-7-9-10(13)14-8-15-11(9)16-12(3,4)6-2/h8H,5-7H2,1-4H3,(H,14,15,16). The normalized spacial score (nSPS) is 11.6. The first-order valence-electron chi connectivity index (χ1n) is 5.77. The molecule has 0 bridgehead atoms. The molecule has 3 nitrogen and oxygen atoms in total. The van der Waals surface area contributed by atoms with Crippen molar-refractivity contribution in [2.24, 2.45) is 0 Å². The Morgan fingerprint density at radius 1 is 1.31 bits per heavy atom. The minimum atomic E-state index is 0.0280. The maximum Gasteiger partial charge on any atom is 0.137 e. The van der Waals surface area contributed by atoms with E-state index in [1.165, 1.54) is 6.33 Å². The van der Waals surface area contributed by atoms with Gasteiger partial charge >= 0.3 is 0 Å². The lowest BCUT2D eigenvalue weighted by atomic mass is 10.0. The lowest BCUT2D eigenvalue weighted by Crippen LogP contribution is -2.30. The highest BCUT2D eigenvalue weighted by Crippen LogP contribution is 2.25. The van der Waals surface area contributed by atoms with Gasteiger partial charge in [0.25, 0.3) is 0 Å². The van der Waals surface area contributed by atoms with Crippen molar-refractivity contribution in [2.45, 2.75) is 52.5 Å². The average Bonchev–Trinajstić information content (AvgIpc) is 2.23. The predicted molar refractivity (Wildman–Crippen MR) is 69.0 cm³/mol. The minimum absolute atomic E-state index is 0.0280. The minimum Gasteiger partial charge on any atom is -0.365 e. The van der Waals surface area contributed by atoms with E-state index in [2.05, 4.69) is 43.0 Å². The zero-order valence-corrected chi connectivity index (χ0v) is 11.2. The van der Waals surface area contributed by atoms with E-state index >= 15 is 0 Å². The van der Waals surface area contributed by atoms with Crippen molar-refractivity contribution < 1.29 is 0 Å². The second-order valence-electron chi connectivity index (χ2n) is 4.60. The summed E-state index contributed by atoms with van der Waals surface area (Å²) in [6.45, 7) is 8.57. The second-order valence-corrected chi connectivity index (χ2v) is 4.96. The number of nitrogens with one attached hydrogen (secondary N) is 1. The predicted octanol–water partition coefficient (Wildman–Crippen LogP) is 3.68. The Bertz CT molecular complexity index is 350. The van der Waals surface area contributed by atoms with Gasteiger partial charge in [-0.1, -0.05) is 31.9 Å². The van der Waals surface area contributed by atoms with Crippen LogP contribution in [0.4, 0.5) is 5.82 Å². The van der Waals surface area contributed by atoms with Gasteiger partial charge in [-0.2, -0.15) is 0 Å². The van der Waals surface area contributed by atoms with Gasteiger partial charge in [-0.3, -0.25) is 0 Å². The van der Waals surface area contributed by atoms with Gasteiger partial charge < -0.3 is 5.32 Å². The van der Waals surface area contributed by atoms with Crippen molar-refractivity contribution in [3.8, 4) is 0 Å².